The Labute approximate surface area is 187 Å². The summed E-state index contributed by atoms with van der Waals surface area (Å²) in [6.07, 6.45) is 1.94. The van der Waals surface area contributed by atoms with Crippen LogP contribution in [0.15, 0.2) is 54.2 Å². The first-order chi connectivity index (χ1) is 15.4. The van der Waals surface area contributed by atoms with Gasteiger partial charge in [-0.05, 0) is 49.1 Å². The lowest BCUT2D eigenvalue weighted by atomic mass is 9.97. The van der Waals surface area contributed by atoms with Crippen LogP contribution in [0.1, 0.15) is 32.3 Å². The lowest BCUT2D eigenvalue weighted by molar-refractivity contribution is -0.121. The predicted molar refractivity (Wildman–Crippen MR) is 123 cm³/mol. The number of amides is 3. The number of nitrogens with zero attached hydrogens (tertiary/aromatic N) is 2. The number of methoxy groups -OCH3 is 1. The van der Waals surface area contributed by atoms with E-state index in [1.807, 2.05) is 23.1 Å². The smallest absolute Gasteiger partial charge is 0.282 e. The Morgan fingerprint density at radius 3 is 2.28 bits per heavy atom. The number of para-hydroxylation sites is 1. The Morgan fingerprint density at radius 2 is 1.66 bits per heavy atom. The quantitative estimate of drug-likeness (QED) is 0.728. The topological polar surface area (TPSA) is 79.0 Å². The fourth-order valence-electron chi connectivity index (χ4n) is 4.27. The van der Waals surface area contributed by atoms with Crippen LogP contribution in [0.3, 0.4) is 0 Å². The molecule has 0 unspecified atom stereocenters. The zero-order valence-corrected chi connectivity index (χ0v) is 18.6. The number of nitrogens with one attached hydrogen (secondary N) is 1. The van der Waals surface area contributed by atoms with Crippen LogP contribution in [-0.2, 0) is 14.4 Å². The highest BCUT2D eigenvalue weighted by atomic mass is 16.5. The van der Waals surface area contributed by atoms with Gasteiger partial charge in [0.15, 0.2) is 0 Å². The van der Waals surface area contributed by atoms with Gasteiger partial charge in [-0.15, -0.1) is 0 Å². The van der Waals surface area contributed by atoms with Gasteiger partial charge in [0.2, 0.25) is 5.91 Å². The number of rotatable bonds is 5. The molecular formula is C25H27N3O4. The van der Waals surface area contributed by atoms with Crippen molar-refractivity contribution in [3.05, 3.63) is 59.8 Å². The molecule has 7 nitrogen and oxygen atoms in total. The van der Waals surface area contributed by atoms with Gasteiger partial charge >= 0.3 is 0 Å². The molecule has 0 aliphatic carbocycles. The van der Waals surface area contributed by atoms with Crippen molar-refractivity contribution < 1.29 is 19.1 Å². The van der Waals surface area contributed by atoms with Gasteiger partial charge in [0, 0.05) is 31.3 Å². The molecule has 0 atom stereocenters. The van der Waals surface area contributed by atoms with Crippen LogP contribution in [0.25, 0.3) is 5.57 Å². The lowest BCUT2D eigenvalue weighted by Gasteiger charge is -2.32. The molecule has 2 aromatic rings. The molecule has 32 heavy (non-hydrogen) atoms. The number of hydrogen-bond acceptors (Lipinski definition) is 5. The van der Waals surface area contributed by atoms with Gasteiger partial charge < -0.3 is 15.0 Å². The van der Waals surface area contributed by atoms with E-state index in [4.69, 9.17) is 4.74 Å². The van der Waals surface area contributed by atoms with E-state index >= 15 is 0 Å². The van der Waals surface area contributed by atoms with E-state index in [-0.39, 0.29) is 17.7 Å². The van der Waals surface area contributed by atoms with Gasteiger partial charge in [0.25, 0.3) is 11.8 Å². The average molecular weight is 434 g/mol. The van der Waals surface area contributed by atoms with Crippen molar-refractivity contribution >= 4 is 34.7 Å². The summed E-state index contributed by atoms with van der Waals surface area (Å²) < 4.78 is 5.51. The van der Waals surface area contributed by atoms with Gasteiger partial charge in [0.1, 0.15) is 11.4 Å². The molecule has 2 heterocycles. The maximum Gasteiger partial charge on any atom is 0.282 e. The van der Waals surface area contributed by atoms with Gasteiger partial charge in [-0.1, -0.05) is 25.1 Å². The number of carbonyl (C=O) groups excluding carboxylic acids is 3. The molecule has 4 rings (SSSR count). The number of imide groups is 1. The number of hydrogen-bond donors (Lipinski definition) is 1. The number of piperidine rings is 1. The minimum absolute atomic E-state index is 0.187. The number of likely N-dealkylation sites (tertiary alicyclic amines) is 1. The van der Waals surface area contributed by atoms with Crippen LogP contribution in [0.4, 0.5) is 11.4 Å². The predicted octanol–water partition coefficient (Wildman–Crippen LogP) is 3.67. The van der Waals surface area contributed by atoms with E-state index in [1.165, 1.54) is 11.8 Å². The fraction of sp³-hybridized carbons (Fsp3) is 0.320. The zero-order chi connectivity index (χ0) is 22.8. The third-order valence-electron chi connectivity index (χ3n) is 5.98. The molecule has 0 aromatic heterocycles. The maximum absolute atomic E-state index is 13.7. The molecule has 0 bridgehead atoms. The molecule has 1 saturated heterocycles. The Bertz CT molecular complexity index is 1080. The lowest BCUT2D eigenvalue weighted by Crippen LogP contribution is -2.38. The molecule has 2 aromatic carbocycles. The van der Waals surface area contributed by atoms with E-state index in [1.54, 1.807) is 37.4 Å². The van der Waals surface area contributed by atoms with Crippen molar-refractivity contribution in [2.45, 2.75) is 26.7 Å². The number of ether oxygens (including phenoxy) is 1. The summed E-state index contributed by atoms with van der Waals surface area (Å²) in [7, 11) is 1.56. The minimum atomic E-state index is -0.375. The second-order valence-electron chi connectivity index (χ2n) is 8.27. The molecule has 1 fully saturated rings. The molecule has 2 aliphatic rings. The molecule has 1 N–H and O–H groups in total. The molecule has 2 aliphatic heterocycles. The van der Waals surface area contributed by atoms with E-state index in [9.17, 15) is 14.4 Å². The van der Waals surface area contributed by atoms with E-state index < -0.39 is 0 Å². The SMILES string of the molecule is COc1ccccc1C1=C(N2CCC(C)CC2)C(=O)N(c2ccc(NC(C)=O)cc2)C1=O. The maximum atomic E-state index is 13.7. The Morgan fingerprint density at radius 1 is 1.00 bits per heavy atom. The van der Waals surface area contributed by atoms with Crippen molar-refractivity contribution in [2.24, 2.45) is 5.92 Å². The van der Waals surface area contributed by atoms with Crippen LogP contribution in [0.5, 0.6) is 5.75 Å². The highest BCUT2D eigenvalue weighted by molar-refractivity contribution is 6.45. The largest absolute Gasteiger partial charge is 0.496 e. The second kappa shape index (κ2) is 8.86. The molecule has 0 spiro atoms. The fourth-order valence-corrected chi connectivity index (χ4v) is 4.27. The third-order valence-corrected chi connectivity index (χ3v) is 5.98. The summed E-state index contributed by atoms with van der Waals surface area (Å²) >= 11 is 0. The molecule has 0 radical (unpaired) electrons. The summed E-state index contributed by atoms with van der Waals surface area (Å²) in [6, 6.07) is 14.0. The highest BCUT2D eigenvalue weighted by Gasteiger charge is 2.43. The monoisotopic (exact) mass is 433 g/mol. The van der Waals surface area contributed by atoms with Crippen LogP contribution < -0.4 is 15.0 Å². The van der Waals surface area contributed by atoms with Gasteiger partial charge in [-0.2, -0.15) is 0 Å². The van der Waals surface area contributed by atoms with Crippen LogP contribution in [0.2, 0.25) is 0 Å². The Hall–Kier alpha value is -3.61. The van der Waals surface area contributed by atoms with Crippen LogP contribution in [-0.4, -0.2) is 42.8 Å². The number of anilines is 2. The third kappa shape index (κ3) is 3.98. The van der Waals surface area contributed by atoms with Crippen LogP contribution in [0, 0.1) is 5.92 Å². The Balaban J connectivity index is 1.77. The summed E-state index contributed by atoms with van der Waals surface area (Å²) in [5.41, 5.74) is 2.47. The summed E-state index contributed by atoms with van der Waals surface area (Å²) in [5, 5.41) is 2.70. The standard InChI is InChI=1S/C25H27N3O4/c1-16-12-14-27(15-13-16)23-22(20-6-4-5-7-21(20)32-3)24(30)28(25(23)31)19-10-8-18(9-11-19)26-17(2)29/h4-11,16H,12-15H2,1-3H3,(H,26,29). The van der Waals surface area contributed by atoms with Crippen molar-refractivity contribution in [3.63, 3.8) is 0 Å². The van der Waals surface area contributed by atoms with Gasteiger partial charge in [-0.3, -0.25) is 14.4 Å². The first kappa shape index (κ1) is 21.6. The van der Waals surface area contributed by atoms with Crippen molar-refractivity contribution in [1.82, 2.24) is 4.90 Å². The second-order valence-corrected chi connectivity index (χ2v) is 8.27. The number of carbonyl (C=O) groups is 3. The molecule has 166 valence electrons. The molecule has 0 saturated carbocycles. The van der Waals surface area contributed by atoms with E-state index in [0.717, 1.165) is 25.9 Å². The summed E-state index contributed by atoms with van der Waals surface area (Å²) in [4.78, 5) is 41.9. The summed E-state index contributed by atoms with van der Waals surface area (Å²) in [6.45, 7) is 5.08. The zero-order valence-electron chi connectivity index (χ0n) is 18.6. The summed E-state index contributed by atoms with van der Waals surface area (Å²) in [5.74, 6) is 0.242. The highest BCUT2D eigenvalue weighted by Crippen LogP contribution is 2.39. The van der Waals surface area contributed by atoms with Crippen molar-refractivity contribution in [1.29, 1.82) is 0 Å². The molecule has 3 amide bonds. The minimum Gasteiger partial charge on any atom is -0.496 e. The normalized spacial score (nSPS) is 17.2. The van der Waals surface area contributed by atoms with E-state index in [2.05, 4.69) is 12.2 Å². The number of benzene rings is 2. The van der Waals surface area contributed by atoms with Crippen molar-refractivity contribution in [2.75, 3.05) is 30.4 Å². The first-order valence-electron chi connectivity index (χ1n) is 10.8. The van der Waals surface area contributed by atoms with E-state index in [0.29, 0.717) is 39.9 Å². The van der Waals surface area contributed by atoms with Gasteiger partial charge in [0.05, 0.1) is 18.4 Å². The first-order valence-corrected chi connectivity index (χ1v) is 10.8. The van der Waals surface area contributed by atoms with Gasteiger partial charge in [-0.25, -0.2) is 4.90 Å². The molecule has 7 heteroatoms. The molecular weight excluding hydrogens is 406 g/mol. The Kier molecular flexibility index (Phi) is 5.99. The average Bonchev–Trinajstić information content (AvgIpc) is 3.04. The van der Waals surface area contributed by atoms with Crippen molar-refractivity contribution in [3.8, 4) is 5.75 Å². The van der Waals surface area contributed by atoms with Crippen LogP contribution >= 0.6 is 0 Å².